The Morgan fingerprint density at radius 2 is 1.83 bits per heavy atom. The second-order valence-electron chi connectivity index (χ2n) is 8.29. The van der Waals surface area contributed by atoms with Gasteiger partial charge in [0.1, 0.15) is 12.4 Å². The average Bonchev–Trinajstić information content (AvgIpc) is 3.37. The van der Waals surface area contributed by atoms with Gasteiger partial charge in [0.25, 0.3) is 11.6 Å². The van der Waals surface area contributed by atoms with Gasteiger partial charge in [-0.25, -0.2) is 4.39 Å². The number of hydrogen-bond acceptors (Lipinski definition) is 6. The van der Waals surface area contributed by atoms with Crippen LogP contribution >= 0.6 is 11.3 Å². The summed E-state index contributed by atoms with van der Waals surface area (Å²) >= 11 is 1.51. The fourth-order valence-electron chi connectivity index (χ4n) is 3.67. The predicted molar refractivity (Wildman–Crippen MR) is 135 cm³/mol. The first kappa shape index (κ1) is 27.0. The van der Waals surface area contributed by atoms with Crippen LogP contribution in [0.2, 0.25) is 0 Å². The van der Waals surface area contributed by atoms with Gasteiger partial charge in [0, 0.05) is 48.9 Å². The van der Waals surface area contributed by atoms with E-state index < -0.39 is 10.8 Å². The SMILES string of the molecule is COCCCN(CC(=O)N(Cc1ccc(F)cc1)Cc1cccs1)C(=O)c1ccc(C)c([N+](=O)[O-])c1. The van der Waals surface area contributed by atoms with Crippen LogP contribution in [0.15, 0.2) is 60.0 Å². The zero-order chi connectivity index (χ0) is 26.1. The smallest absolute Gasteiger partial charge is 0.273 e. The second kappa shape index (κ2) is 12.9. The first-order valence-corrected chi connectivity index (χ1v) is 12.2. The van der Waals surface area contributed by atoms with E-state index >= 15 is 0 Å². The molecule has 0 N–H and O–H groups in total. The van der Waals surface area contributed by atoms with Crippen molar-refractivity contribution in [1.82, 2.24) is 9.80 Å². The van der Waals surface area contributed by atoms with E-state index in [9.17, 15) is 24.1 Å². The number of amides is 2. The van der Waals surface area contributed by atoms with Gasteiger partial charge in [-0.1, -0.05) is 24.3 Å². The summed E-state index contributed by atoms with van der Waals surface area (Å²) in [6.07, 6.45) is 0.492. The van der Waals surface area contributed by atoms with E-state index in [-0.39, 0.29) is 42.6 Å². The molecule has 0 atom stereocenters. The van der Waals surface area contributed by atoms with E-state index in [1.165, 1.54) is 46.6 Å². The Balaban J connectivity index is 1.84. The van der Waals surface area contributed by atoms with Crippen molar-refractivity contribution in [2.24, 2.45) is 0 Å². The molecule has 2 amide bonds. The molecule has 0 radical (unpaired) electrons. The van der Waals surface area contributed by atoms with Crippen LogP contribution in [-0.4, -0.2) is 53.3 Å². The zero-order valence-corrected chi connectivity index (χ0v) is 21.0. The number of ether oxygens (including phenoxy) is 1. The second-order valence-corrected chi connectivity index (χ2v) is 9.32. The summed E-state index contributed by atoms with van der Waals surface area (Å²) < 4.78 is 18.5. The van der Waals surface area contributed by atoms with Crippen LogP contribution in [0.4, 0.5) is 10.1 Å². The molecule has 2 aromatic carbocycles. The molecule has 36 heavy (non-hydrogen) atoms. The Kier molecular flexibility index (Phi) is 9.66. The largest absolute Gasteiger partial charge is 0.385 e. The van der Waals surface area contributed by atoms with E-state index in [2.05, 4.69) is 0 Å². The van der Waals surface area contributed by atoms with Crippen LogP contribution in [0.25, 0.3) is 0 Å². The van der Waals surface area contributed by atoms with E-state index in [0.717, 1.165) is 10.4 Å². The maximum Gasteiger partial charge on any atom is 0.273 e. The number of nitro groups is 1. The van der Waals surface area contributed by atoms with E-state index in [1.807, 2.05) is 17.5 Å². The number of thiophene rings is 1. The molecule has 10 heteroatoms. The van der Waals surface area contributed by atoms with Crippen molar-refractivity contribution in [2.45, 2.75) is 26.4 Å². The standard InChI is InChI=1S/C26H28FN3O5S/c1-19-6-9-21(15-24(19)30(33)34)26(32)28(12-4-13-35-2)18-25(31)29(17-23-5-3-14-36-23)16-20-7-10-22(27)11-8-20/h3,5-11,14-15H,4,12-13,16-18H2,1-2H3. The van der Waals surface area contributed by atoms with Gasteiger partial charge in [-0.3, -0.25) is 19.7 Å². The summed E-state index contributed by atoms with van der Waals surface area (Å²) in [7, 11) is 1.55. The normalized spacial score (nSPS) is 10.8. The molecule has 0 saturated carbocycles. The third kappa shape index (κ3) is 7.43. The Morgan fingerprint density at radius 3 is 2.47 bits per heavy atom. The molecule has 0 aliphatic rings. The van der Waals surface area contributed by atoms with Gasteiger partial charge in [-0.15, -0.1) is 11.3 Å². The summed E-state index contributed by atoms with van der Waals surface area (Å²) in [6, 6.07) is 14.0. The molecule has 0 bridgehead atoms. The summed E-state index contributed by atoms with van der Waals surface area (Å²) in [6.45, 7) is 2.60. The molecular formula is C26H28FN3O5S. The third-order valence-corrected chi connectivity index (χ3v) is 6.47. The number of halogens is 1. The van der Waals surface area contributed by atoms with Crippen molar-refractivity contribution in [3.05, 3.63) is 97.5 Å². The quantitative estimate of drug-likeness (QED) is 0.197. The summed E-state index contributed by atoms with van der Waals surface area (Å²) in [4.78, 5) is 41.6. The summed E-state index contributed by atoms with van der Waals surface area (Å²) in [5.74, 6) is -1.13. The number of carbonyl (C=O) groups is 2. The summed E-state index contributed by atoms with van der Waals surface area (Å²) in [5.41, 5.74) is 1.19. The Morgan fingerprint density at radius 1 is 1.08 bits per heavy atom. The van der Waals surface area contributed by atoms with Crippen LogP contribution in [0.3, 0.4) is 0 Å². The van der Waals surface area contributed by atoms with Crippen LogP contribution < -0.4 is 0 Å². The molecule has 0 aliphatic heterocycles. The lowest BCUT2D eigenvalue weighted by atomic mass is 10.1. The van der Waals surface area contributed by atoms with Crippen molar-refractivity contribution >= 4 is 28.8 Å². The highest BCUT2D eigenvalue weighted by Gasteiger charge is 2.24. The maximum absolute atomic E-state index is 13.5. The predicted octanol–water partition coefficient (Wildman–Crippen LogP) is 4.81. The molecule has 1 heterocycles. The Hall–Kier alpha value is -3.63. The Bertz CT molecular complexity index is 1180. The fraction of sp³-hybridized carbons (Fsp3) is 0.308. The fourth-order valence-corrected chi connectivity index (χ4v) is 4.39. The molecule has 3 aromatic rings. The Labute approximate surface area is 213 Å². The molecule has 0 saturated heterocycles. The van der Waals surface area contributed by atoms with Gasteiger partial charge in [-0.2, -0.15) is 0 Å². The van der Waals surface area contributed by atoms with Crippen LogP contribution in [0.5, 0.6) is 0 Å². The number of methoxy groups -OCH3 is 1. The maximum atomic E-state index is 13.5. The number of nitro benzene ring substituents is 1. The highest BCUT2D eigenvalue weighted by atomic mass is 32.1. The van der Waals surface area contributed by atoms with Gasteiger partial charge in [0.05, 0.1) is 11.5 Å². The van der Waals surface area contributed by atoms with Gasteiger partial charge < -0.3 is 14.5 Å². The van der Waals surface area contributed by atoms with Crippen molar-refractivity contribution in [3.63, 3.8) is 0 Å². The van der Waals surface area contributed by atoms with E-state index in [1.54, 1.807) is 31.1 Å². The number of benzene rings is 2. The average molecular weight is 514 g/mol. The lowest BCUT2D eigenvalue weighted by Crippen LogP contribution is -2.43. The van der Waals surface area contributed by atoms with E-state index in [4.69, 9.17) is 4.74 Å². The zero-order valence-electron chi connectivity index (χ0n) is 20.2. The van der Waals surface area contributed by atoms with Gasteiger partial charge in [-0.05, 0) is 48.6 Å². The van der Waals surface area contributed by atoms with Gasteiger partial charge in [0.15, 0.2) is 0 Å². The molecule has 0 unspecified atom stereocenters. The number of aryl methyl sites for hydroxylation is 1. The first-order valence-electron chi connectivity index (χ1n) is 11.4. The lowest BCUT2D eigenvalue weighted by molar-refractivity contribution is -0.385. The van der Waals surface area contributed by atoms with Crippen molar-refractivity contribution in [1.29, 1.82) is 0 Å². The van der Waals surface area contributed by atoms with Crippen LogP contribution in [-0.2, 0) is 22.6 Å². The number of rotatable bonds is 12. The molecular weight excluding hydrogens is 485 g/mol. The molecule has 190 valence electrons. The van der Waals surface area contributed by atoms with Gasteiger partial charge in [0.2, 0.25) is 5.91 Å². The highest BCUT2D eigenvalue weighted by Crippen LogP contribution is 2.21. The molecule has 1 aromatic heterocycles. The topological polar surface area (TPSA) is 93.0 Å². The van der Waals surface area contributed by atoms with Crippen LogP contribution in [0, 0.1) is 22.9 Å². The molecule has 0 aliphatic carbocycles. The minimum atomic E-state index is -0.530. The monoisotopic (exact) mass is 513 g/mol. The summed E-state index contributed by atoms with van der Waals surface area (Å²) in [5, 5.41) is 13.3. The number of hydrogen-bond donors (Lipinski definition) is 0. The molecule has 0 spiro atoms. The minimum Gasteiger partial charge on any atom is -0.385 e. The molecule has 8 nitrogen and oxygen atoms in total. The molecule has 3 rings (SSSR count). The lowest BCUT2D eigenvalue weighted by Gasteiger charge is -2.28. The molecule has 0 fully saturated rings. The van der Waals surface area contributed by atoms with Gasteiger partial charge >= 0.3 is 0 Å². The third-order valence-electron chi connectivity index (χ3n) is 5.61. The van der Waals surface area contributed by atoms with Crippen molar-refractivity contribution in [2.75, 3.05) is 26.8 Å². The van der Waals surface area contributed by atoms with Crippen molar-refractivity contribution < 1.29 is 23.6 Å². The number of carbonyl (C=O) groups excluding carboxylic acids is 2. The van der Waals surface area contributed by atoms with E-state index in [0.29, 0.717) is 25.1 Å². The first-order chi connectivity index (χ1) is 17.3. The van der Waals surface area contributed by atoms with Crippen LogP contribution in [0.1, 0.15) is 32.8 Å². The minimum absolute atomic E-state index is 0.140. The number of nitrogens with zero attached hydrogens (tertiary/aromatic N) is 3. The highest BCUT2D eigenvalue weighted by molar-refractivity contribution is 7.09. The van der Waals surface area contributed by atoms with Crippen molar-refractivity contribution in [3.8, 4) is 0 Å².